The van der Waals surface area contributed by atoms with E-state index in [0.29, 0.717) is 0 Å². The maximum absolute atomic E-state index is 4.52. The fourth-order valence-corrected chi connectivity index (χ4v) is 1.94. The molecule has 0 radical (unpaired) electrons. The summed E-state index contributed by atoms with van der Waals surface area (Å²) < 4.78 is 1.93. The molecule has 0 aliphatic carbocycles. The van der Waals surface area contributed by atoms with Gasteiger partial charge in [-0.05, 0) is 18.9 Å². The van der Waals surface area contributed by atoms with E-state index in [4.69, 9.17) is 0 Å². The molecule has 108 valence electrons. The molecule has 0 aromatic carbocycles. The van der Waals surface area contributed by atoms with E-state index in [0.717, 1.165) is 49.8 Å². The van der Waals surface area contributed by atoms with Crippen LogP contribution in [0.25, 0.3) is 0 Å². The molecule has 6 heteroatoms. The van der Waals surface area contributed by atoms with Gasteiger partial charge >= 0.3 is 0 Å². The van der Waals surface area contributed by atoms with Gasteiger partial charge in [-0.25, -0.2) is 9.97 Å². The summed E-state index contributed by atoms with van der Waals surface area (Å²) in [6, 6.07) is 3.88. The number of rotatable bonds is 8. The molecular weight excluding hydrogens is 252 g/mol. The van der Waals surface area contributed by atoms with Gasteiger partial charge in [-0.15, -0.1) is 0 Å². The highest BCUT2D eigenvalue weighted by atomic mass is 15.3. The Balaban J connectivity index is 1.86. The smallest absolute Gasteiger partial charge is 0.133 e. The highest BCUT2D eigenvalue weighted by molar-refractivity contribution is 5.47. The number of aromatic nitrogens is 4. The van der Waals surface area contributed by atoms with Crippen LogP contribution in [0.5, 0.6) is 0 Å². The Bertz CT molecular complexity index is 508. The van der Waals surface area contributed by atoms with Gasteiger partial charge in [-0.3, -0.25) is 4.68 Å². The Labute approximate surface area is 119 Å². The molecule has 0 atom stereocenters. The molecule has 0 bridgehead atoms. The quantitative estimate of drug-likeness (QED) is 0.722. The minimum absolute atomic E-state index is 0.859. The van der Waals surface area contributed by atoms with Crippen molar-refractivity contribution in [1.82, 2.24) is 19.7 Å². The Kier molecular flexibility index (Phi) is 5.34. The van der Waals surface area contributed by atoms with Crippen LogP contribution in [0, 0.1) is 0 Å². The standard InChI is InChI=1S/C14H22N6/c1-3-6-12-18-13(15-2)11-14(19-12)16-7-4-9-20-10-5-8-17-20/h5,8,10-11H,3-4,6-7,9H2,1-2H3,(H2,15,16,18,19). The molecule has 0 saturated heterocycles. The zero-order chi connectivity index (χ0) is 14.2. The van der Waals surface area contributed by atoms with Crippen LogP contribution in [0.4, 0.5) is 11.6 Å². The first-order valence-electron chi connectivity index (χ1n) is 7.09. The average molecular weight is 274 g/mol. The van der Waals surface area contributed by atoms with Crippen molar-refractivity contribution < 1.29 is 0 Å². The first kappa shape index (κ1) is 14.3. The summed E-state index contributed by atoms with van der Waals surface area (Å²) in [7, 11) is 1.87. The van der Waals surface area contributed by atoms with Gasteiger partial charge in [0, 0.05) is 45.0 Å². The molecule has 2 aromatic rings. The van der Waals surface area contributed by atoms with Crippen molar-refractivity contribution in [2.24, 2.45) is 0 Å². The second kappa shape index (κ2) is 7.47. The lowest BCUT2D eigenvalue weighted by Crippen LogP contribution is -2.10. The normalized spacial score (nSPS) is 10.5. The fraction of sp³-hybridized carbons (Fsp3) is 0.500. The maximum atomic E-state index is 4.52. The van der Waals surface area contributed by atoms with E-state index < -0.39 is 0 Å². The van der Waals surface area contributed by atoms with Crippen LogP contribution < -0.4 is 10.6 Å². The fourth-order valence-electron chi connectivity index (χ4n) is 1.94. The first-order valence-corrected chi connectivity index (χ1v) is 7.09. The van der Waals surface area contributed by atoms with E-state index in [2.05, 4.69) is 32.6 Å². The van der Waals surface area contributed by atoms with Gasteiger partial charge in [-0.1, -0.05) is 6.92 Å². The molecule has 20 heavy (non-hydrogen) atoms. The van der Waals surface area contributed by atoms with Crippen molar-refractivity contribution in [1.29, 1.82) is 0 Å². The Hall–Kier alpha value is -2.11. The molecule has 0 amide bonds. The lowest BCUT2D eigenvalue weighted by atomic mass is 10.3. The van der Waals surface area contributed by atoms with Crippen LogP contribution in [0.3, 0.4) is 0 Å². The third-order valence-corrected chi connectivity index (χ3v) is 2.93. The van der Waals surface area contributed by atoms with Crippen LogP contribution in [0.2, 0.25) is 0 Å². The zero-order valence-corrected chi connectivity index (χ0v) is 12.1. The third kappa shape index (κ3) is 4.22. The number of hydrogen-bond acceptors (Lipinski definition) is 5. The van der Waals surface area contributed by atoms with E-state index in [-0.39, 0.29) is 0 Å². The van der Waals surface area contributed by atoms with Crippen LogP contribution in [-0.2, 0) is 13.0 Å². The number of anilines is 2. The van der Waals surface area contributed by atoms with Crippen molar-refractivity contribution in [3.8, 4) is 0 Å². The largest absolute Gasteiger partial charge is 0.373 e. The Morgan fingerprint density at radius 1 is 1.25 bits per heavy atom. The second-order valence-corrected chi connectivity index (χ2v) is 4.60. The molecule has 0 unspecified atom stereocenters. The lowest BCUT2D eigenvalue weighted by Gasteiger charge is -2.09. The Morgan fingerprint density at radius 3 is 2.80 bits per heavy atom. The summed E-state index contributed by atoms with van der Waals surface area (Å²) in [6.07, 6.45) is 6.73. The van der Waals surface area contributed by atoms with Crippen LogP contribution in [0.1, 0.15) is 25.6 Å². The van der Waals surface area contributed by atoms with Gasteiger partial charge in [0.05, 0.1) is 0 Å². The third-order valence-electron chi connectivity index (χ3n) is 2.93. The Morgan fingerprint density at radius 2 is 2.10 bits per heavy atom. The molecule has 0 saturated carbocycles. The molecule has 0 spiro atoms. The van der Waals surface area contributed by atoms with Gasteiger partial charge < -0.3 is 10.6 Å². The van der Waals surface area contributed by atoms with Crippen LogP contribution in [0.15, 0.2) is 24.5 Å². The lowest BCUT2D eigenvalue weighted by molar-refractivity contribution is 0.591. The van der Waals surface area contributed by atoms with Gasteiger partial charge in [0.25, 0.3) is 0 Å². The van der Waals surface area contributed by atoms with Crippen molar-refractivity contribution >= 4 is 11.6 Å². The average Bonchev–Trinajstić information content (AvgIpc) is 2.97. The predicted octanol–water partition coefficient (Wildman–Crippen LogP) is 2.17. The van der Waals surface area contributed by atoms with Gasteiger partial charge in [0.2, 0.25) is 0 Å². The molecule has 0 aliphatic heterocycles. The maximum Gasteiger partial charge on any atom is 0.133 e. The van der Waals surface area contributed by atoms with Crippen LogP contribution in [-0.4, -0.2) is 33.3 Å². The van der Waals surface area contributed by atoms with E-state index in [1.807, 2.05) is 30.1 Å². The predicted molar refractivity (Wildman–Crippen MR) is 80.9 cm³/mol. The van der Waals surface area contributed by atoms with E-state index in [1.165, 1.54) is 0 Å². The van der Waals surface area contributed by atoms with Gasteiger partial charge in [0.1, 0.15) is 17.5 Å². The van der Waals surface area contributed by atoms with Crippen molar-refractivity contribution in [3.05, 3.63) is 30.4 Å². The molecule has 2 heterocycles. The summed E-state index contributed by atoms with van der Waals surface area (Å²) in [6.45, 7) is 3.91. The number of nitrogens with one attached hydrogen (secondary N) is 2. The van der Waals surface area contributed by atoms with Crippen molar-refractivity contribution in [2.75, 3.05) is 24.2 Å². The number of hydrogen-bond donors (Lipinski definition) is 2. The summed E-state index contributed by atoms with van der Waals surface area (Å²) in [5.41, 5.74) is 0. The molecule has 0 fully saturated rings. The minimum Gasteiger partial charge on any atom is -0.373 e. The first-order chi connectivity index (χ1) is 9.81. The molecule has 2 N–H and O–H groups in total. The summed E-state index contributed by atoms with van der Waals surface area (Å²) >= 11 is 0. The molecule has 2 rings (SSSR count). The monoisotopic (exact) mass is 274 g/mol. The molecule has 2 aromatic heterocycles. The van der Waals surface area contributed by atoms with E-state index >= 15 is 0 Å². The minimum atomic E-state index is 0.859. The topological polar surface area (TPSA) is 67.7 Å². The zero-order valence-electron chi connectivity index (χ0n) is 12.1. The molecule has 0 aliphatic rings. The SMILES string of the molecule is CCCc1nc(NC)cc(NCCCn2cccn2)n1. The number of aryl methyl sites for hydroxylation is 2. The van der Waals surface area contributed by atoms with Gasteiger partial charge in [0.15, 0.2) is 0 Å². The van der Waals surface area contributed by atoms with E-state index in [1.54, 1.807) is 6.20 Å². The van der Waals surface area contributed by atoms with Gasteiger partial charge in [-0.2, -0.15) is 5.10 Å². The molecular formula is C14H22N6. The summed E-state index contributed by atoms with van der Waals surface area (Å²) in [5, 5.41) is 10.6. The van der Waals surface area contributed by atoms with Crippen LogP contribution >= 0.6 is 0 Å². The van der Waals surface area contributed by atoms with Crippen molar-refractivity contribution in [2.45, 2.75) is 32.7 Å². The van der Waals surface area contributed by atoms with Crippen molar-refractivity contribution in [3.63, 3.8) is 0 Å². The summed E-state index contributed by atoms with van der Waals surface area (Å²) in [5.74, 6) is 2.63. The number of nitrogens with zero attached hydrogens (tertiary/aromatic N) is 4. The highest BCUT2D eigenvalue weighted by Gasteiger charge is 2.03. The highest BCUT2D eigenvalue weighted by Crippen LogP contribution is 2.12. The van der Waals surface area contributed by atoms with E-state index in [9.17, 15) is 0 Å². The molecule has 6 nitrogen and oxygen atoms in total. The second-order valence-electron chi connectivity index (χ2n) is 4.60. The summed E-state index contributed by atoms with van der Waals surface area (Å²) in [4.78, 5) is 8.96.